The van der Waals surface area contributed by atoms with Crippen LogP contribution < -0.4 is 10.6 Å². The minimum Gasteiger partial charge on any atom is -0.336 e. The van der Waals surface area contributed by atoms with Crippen LogP contribution in [0.3, 0.4) is 0 Å². The summed E-state index contributed by atoms with van der Waals surface area (Å²) in [5.41, 5.74) is 0. The summed E-state index contributed by atoms with van der Waals surface area (Å²) in [6, 6.07) is -0.794. The molecule has 8 nitrogen and oxygen atoms in total. The van der Waals surface area contributed by atoms with E-state index in [0.717, 1.165) is 4.90 Å². The number of nitrogens with one attached hydrogen (secondary N) is 2. The van der Waals surface area contributed by atoms with E-state index in [1.807, 2.05) is 0 Å². The number of hydrogen-bond acceptors (Lipinski definition) is 5. The zero-order chi connectivity index (χ0) is 14.7. The van der Waals surface area contributed by atoms with Crippen LogP contribution in [-0.2, 0) is 19.2 Å². The zero-order valence-corrected chi connectivity index (χ0v) is 11.3. The first-order valence-electron chi connectivity index (χ1n) is 6.61. The molecule has 1 unspecified atom stereocenters. The lowest BCUT2D eigenvalue weighted by Gasteiger charge is -2.30. The van der Waals surface area contributed by atoms with E-state index < -0.39 is 23.8 Å². The molecule has 0 bridgehead atoms. The number of likely N-dealkylation sites (tertiary alicyclic amines) is 1. The van der Waals surface area contributed by atoms with Crippen molar-refractivity contribution in [2.45, 2.75) is 18.9 Å². The molecule has 0 aliphatic carbocycles. The van der Waals surface area contributed by atoms with Crippen LogP contribution in [0.25, 0.3) is 0 Å². The fourth-order valence-electron chi connectivity index (χ4n) is 2.28. The molecule has 2 rings (SSSR count). The molecular weight excluding hydrogens is 264 g/mol. The third-order valence-corrected chi connectivity index (χ3v) is 3.55. The fourth-order valence-corrected chi connectivity index (χ4v) is 2.28. The predicted octanol–water partition coefficient (Wildman–Crippen LogP) is -2.32. The van der Waals surface area contributed by atoms with Crippen molar-refractivity contribution in [2.75, 3.05) is 33.2 Å². The first kappa shape index (κ1) is 14.4. The van der Waals surface area contributed by atoms with Gasteiger partial charge < -0.3 is 15.5 Å². The topological polar surface area (TPSA) is 98.8 Å². The normalized spacial score (nSPS) is 23.8. The zero-order valence-electron chi connectivity index (χ0n) is 11.3. The lowest BCUT2D eigenvalue weighted by Crippen LogP contribution is -2.57. The van der Waals surface area contributed by atoms with Crippen molar-refractivity contribution < 1.29 is 19.2 Å². The largest absolute Gasteiger partial charge is 0.336 e. The van der Waals surface area contributed by atoms with E-state index in [0.29, 0.717) is 26.2 Å². The molecular formula is C12H18N4O4. The summed E-state index contributed by atoms with van der Waals surface area (Å²) >= 11 is 0. The van der Waals surface area contributed by atoms with E-state index in [2.05, 4.69) is 10.6 Å². The Labute approximate surface area is 116 Å². The van der Waals surface area contributed by atoms with E-state index in [9.17, 15) is 19.2 Å². The van der Waals surface area contributed by atoms with Crippen LogP contribution in [0.4, 0.5) is 0 Å². The third kappa shape index (κ3) is 2.96. The van der Waals surface area contributed by atoms with Gasteiger partial charge in [-0.2, -0.15) is 0 Å². The highest BCUT2D eigenvalue weighted by Gasteiger charge is 2.34. The monoisotopic (exact) mass is 282 g/mol. The summed E-state index contributed by atoms with van der Waals surface area (Å²) in [5.74, 6) is -2.15. The molecule has 2 saturated heterocycles. The van der Waals surface area contributed by atoms with Crippen molar-refractivity contribution in [1.29, 1.82) is 0 Å². The Bertz CT molecular complexity index is 445. The molecule has 0 saturated carbocycles. The summed E-state index contributed by atoms with van der Waals surface area (Å²) in [6.45, 7) is 2.25. The second kappa shape index (κ2) is 6.00. The molecule has 20 heavy (non-hydrogen) atoms. The summed E-state index contributed by atoms with van der Waals surface area (Å²) in [6.07, 6.45) is 0.428. The average Bonchev–Trinajstić information content (AvgIpc) is 2.48. The number of likely N-dealkylation sites (N-methyl/N-ethyl adjacent to an activating group) is 1. The number of rotatable bonds is 1. The second-order valence-electron chi connectivity index (χ2n) is 4.90. The van der Waals surface area contributed by atoms with Gasteiger partial charge in [-0.05, 0) is 6.42 Å². The lowest BCUT2D eigenvalue weighted by molar-refractivity contribution is -0.151. The van der Waals surface area contributed by atoms with Gasteiger partial charge in [-0.25, -0.2) is 0 Å². The summed E-state index contributed by atoms with van der Waals surface area (Å²) in [4.78, 5) is 49.4. The number of carbonyl (C=O) groups is 4. The molecule has 2 aliphatic heterocycles. The van der Waals surface area contributed by atoms with E-state index in [1.54, 1.807) is 0 Å². The Balaban J connectivity index is 1.92. The molecule has 4 amide bonds. The van der Waals surface area contributed by atoms with Gasteiger partial charge in [-0.1, -0.05) is 0 Å². The smallest absolute Gasteiger partial charge is 0.311 e. The quantitative estimate of drug-likeness (QED) is 0.415. The van der Waals surface area contributed by atoms with Gasteiger partial charge in [0.1, 0.15) is 6.04 Å². The van der Waals surface area contributed by atoms with Gasteiger partial charge in [0.25, 0.3) is 5.91 Å². The van der Waals surface area contributed by atoms with Crippen molar-refractivity contribution in [3.8, 4) is 0 Å². The molecule has 1 atom stereocenters. The van der Waals surface area contributed by atoms with Gasteiger partial charge in [0.2, 0.25) is 5.91 Å². The van der Waals surface area contributed by atoms with E-state index in [-0.39, 0.29) is 18.7 Å². The van der Waals surface area contributed by atoms with Crippen molar-refractivity contribution in [1.82, 2.24) is 20.4 Å². The van der Waals surface area contributed by atoms with Gasteiger partial charge in [-0.3, -0.25) is 24.1 Å². The van der Waals surface area contributed by atoms with Crippen LogP contribution in [-0.4, -0.2) is 72.7 Å². The maximum atomic E-state index is 11.9. The van der Waals surface area contributed by atoms with Gasteiger partial charge >= 0.3 is 11.8 Å². The molecule has 0 radical (unpaired) electrons. The number of nitrogens with zero attached hydrogens (tertiary/aromatic N) is 2. The van der Waals surface area contributed by atoms with Crippen LogP contribution in [0.1, 0.15) is 12.8 Å². The fraction of sp³-hybridized carbons (Fsp3) is 0.667. The molecule has 0 aromatic carbocycles. The van der Waals surface area contributed by atoms with E-state index in [4.69, 9.17) is 0 Å². The first-order valence-corrected chi connectivity index (χ1v) is 6.61. The number of imide groups is 1. The van der Waals surface area contributed by atoms with Crippen molar-refractivity contribution in [3.63, 3.8) is 0 Å². The minimum absolute atomic E-state index is 0.189. The van der Waals surface area contributed by atoms with Gasteiger partial charge in [0, 0.05) is 39.6 Å². The lowest BCUT2D eigenvalue weighted by atomic mass is 10.0. The number of piperazine rings is 1. The standard InChI is InChI=1S/C12H18N4O4/c1-15-9(17)3-2-8(11(15)19)14-10(18)12(20)16-6-4-13-5-7-16/h8,13H,2-7H2,1H3,(H,14,18). The molecule has 0 spiro atoms. The maximum absolute atomic E-state index is 11.9. The minimum atomic E-state index is -0.794. The number of piperidine rings is 1. The molecule has 2 aliphatic rings. The Morgan fingerprint density at radius 2 is 1.90 bits per heavy atom. The highest BCUT2D eigenvalue weighted by Crippen LogP contribution is 2.11. The van der Waals surface area contributed by atoms with Gasteiger partial charge in [-0.15, -0.1) is 0 Å². The highest BCUT2D eigenvalue weighted by molar-refractivity contribution is 6.35. The maximum Gasteiger partial charge on any atom is 0.311 e. The second-order valence-corrected chi connectivity index (χ2v) is 4.90. The summed E-state index contributed by atoms with van der Waals surface area (Å²) in [7, 11) is 1.38. The molecule has 0 aromatic rings. The number of hydrogen-bond donors (Lipinski definition) is 2. The Morgan fingerprint density at radius 3 is 2.55 bits per heavy atom. The molecule has 0 aromatic heterocycles. The Morgan fingerprint density at radius 1 is 1.25 bits per heavy atom. The average molecular weight is 282 g/mol. The van der Waals surface area contributed by atoms with Crippen molar-refractivity contribution in [3.05, 3.63) is 0 Å². The van der Waals surface area contributed by atoms with Gasteiger partial charge in [0.05, 0.1) is 0 Å². The third-order valence-electron chi connectivity index (χ3n) is 3.55. The van der Waals surface area contributed by atoms with Crippen LogP contribution in [0, 0.1) is 0 Å². The van der Waals surface area contributed by atoms with Gasteiger partial charge in [0.15, 0.2) is 0 Å². The van der Waals surface area contributed by atoms with Crippen molar-refractivity contribution >= 4 is 23.6 Å². The number of amides is 4. The Hall–Kier alpha value is -1.96. The molecule has 2 heterocycles. The Kier molecular flexibility index (Phi) is 4.33. The van der Waals surface area contributed by atoms with Crippen LogP contribution in [0.5, 0.6) is 0 Å². The predicted molar refractivity (Wildman–Crippen MR) is 68.4 cm³/mol. The molecule has 110 valence electrons. The SMILES string of the molecule is CN1C(=O)CCC(NC(=O)C(=O)N2CCNCC2)C1=O. The molecule has 2 N–H and O–H groups in total. The number of carbonyl (C=O) groups excluding carboxylic acids is 4. The summed E-state index contributed by atoms with van der Waals surface area (Å²) < 4.78 is 0. The molecule has 2 fully saturated rings. The molecule has 8 heteroatoms. The summed E-state index contributed by atoms with van der Waals surface area (Å²) in [5, 5.41) is 5.51. The van der Waals surface area contributed by atoms with Crippen molar-refractivity contribution in [2.24, 2.45) is 0 Å². The van der Waals surface area contributed by atoms with Crippen LogP contribution in [0.15, 0.2) is 0 Å². The highest BCUT2D eigenvalue weighted by atomic mass is 16.2. The van der Waals surface area contributed by atoms with Crippen LogP contribution in [0.2, 0.25) is 0 Å². The first-order chi connectivity index (χ1) is 9.50. The van der Waals surface area contributed by atoms with E-state index >= 15 is 0 Å². The van der Waals surface area contributed by atoms with Crippen LogP contribution >= 0.6 is 0 Å². The van der Waals surface area contributed by atoms with E-state index in [1.165, 1.54) is 11.9 Å².